The second-order valence-electron chi connectivity index (χ2n) is 4.55. The molecule has 1 aliphatic heterocycles. The number of benzene rings is 1. The Kier molecular flexibility index (Phi) is 3.59. The minimum Gasteiger partial charge on any atom is -0.392 e. The minimum absolute atomic E-state index is 0.0224. The number of para-hydroxylation sites is 1. The van der Waals surface area contributed by atoms with Crippen molar-refractivity contribution >= 4 is 11.8 Å². The molecule has 0 saturated carbocycles. The predicted molar refractivity (Wildman–Crippen MR) is 74.7 cm³/mol. The highest BCUT2D eigenvalue weighted by Gasteiger charge is 2.25. The number of hydrogen-bond donors (Lipinski definition) is 1. The summed E-state index contributed by atoms with van der Waals surface area (Å²) in [6, 6.07) is 10.0. The SMILES string of the molecule is Cc1nn(-c2ccccc2)c(SC2COC2)c1CO. The molecule has 0 atom stereocenters. The maximum absolute atomic E-state index is 9.57. The number of aliphatic hydroxyl groups is 1. The molecule has 19 heavy (non-hydrogen) atoms. The van der Waals surface area contributed by atoms with E-state index in [4.69, 9.17) is 4.74 Å². The van der Waals surface area contributed by atoms with E-state index < -0.39 is 0 Å². The fourth-order valence-corrected chi connectivity index (χ4v) is 3.27. The Labute approximate surface area is 116 Å². The van der Waals surface area contributed by atoms with Crippen molar-refractivity contribution in [3.05, 3.63) is 41.6 Å². The first-order chi connectivity index (χ1) is 9.29. The second kappa shape index (κ2) is 5.36. The number of hydrogen-bond acceptors (Lipinski definition) is 4. The van der Waals surface area contributed by atoms with Crippen molar-refractivity contribution in [3.63, 3.8) is 0 Å². The molecule has 1 saturated heterocycles. The van der Waals surface area contributed by atoms with E-state index in [-0.39, 0.29) is 6.61 Å². The molecule has 0 bridgehead atoms. The zero-order valence-electron chi connectivity index (χ0n) is 10.7. The van der Waals surface area contributed by atoms with Gasteiger partial charge in [-0.15, -0.1) is 0 Å². The van der Waals surface area contributed by atoms with Crippen molar-refractivity contribution in [1.82, 2.24) is 9.78 Å². The first-order valence-corrected chi connectivity index (χ1v) is 7.16. The van der Waals surface area contributed by atoms with Gasteiger partial charge in [0.25, 0.3) is 0 Å². The molecule has 0 spiro atoms. The fraction of sp³-hybridized carbons (Fsp3) is 0.357. The van der Waals surface area contributed by atoms with Crippen LogP contribution in [0.1, 0.15) is 11.3 Å². The Morgan fingerprint density at radius 3 is 2.68 bits per heavy atom. The largest absolute Gasteiger partial charge is 0.392 e. The van der Waals surface area contributed by atoms with Gasteiger partial charge in [-0.05, 0) is 19.1 Å². The molecule has 100 valence electrons. The number of thioether (sulfide) groups is 1. The summed E-state index contributed by atoms with van der Waals surface area (Å²) in [5, 5.41) is 15.6. The maximum Gasteiger partial charge on any atom is 0.106 e. The van der Waals surface area contributed by atoms with Crippen LogP contribution in [-0.2, 0) is 11.3 Å². The molecule has 5 heteroatoms. The van der Waals surface area contributed by atoms with E-state index >= 15 is 0 Å². The topological polar surface area (TPSA) is 47.3 Å². The van der Waals surface area contributed by atoms with Crippen LogP contribution in [0, 0.1) is 6.92 Å². The van der Waals surface area contributed by atoms with E-state index in [1.54, 1.807) is 11.8 Å². The van der Waals surface area contributed by atoms with Gasteiger partial charge in [0.15, 0.2) is 0 Å². The van der Waals surface area contributed by atoms with Crippen molar-refractivity contribution in [2.75, 3.05) is 13.2 Å². The number of rotatable bonds is 4. The van der Waals surface area contributed by atoms with Crippen LogP contribution in [0.15, 0.2) is 35.4 Å². The van der Waals surface area contributed by atoms with Crippen LogP contribution < -0.4 is 0 Å². The van der Waals surface area contributed by atoms with Crippen LogP contribution in [0.5, 0.6) is 0 Å². The van der Waals surface area contributed by atoms with E-state index in [1.165, 1.54) is 0 Å². The van der Waals surface area contributed by atoms with Gasteiger partial charge in [-0.2, -0.15) is 5.10 Å². The summed E-state index contributed by atoms with van der Waals surface area (Å²) in [7, 11) is 0. The van der Waals surface area contributed by atoms with Gasteiger partial charge in [0.05, 0.1) is 36.5 Å². The van der Waals surface area contributed by atoms with Gasteiger partial charge in [0.1, 0.15) is 5.03 Å². The third kappa shape index (κ3) is 2.41. The number of aromatic nitrogens is 2. The Morgan fingerprint density at radius 1 is 1.37 bits per heavy atom. The molecule has 1 fully saturated rings. The molecule has 0 unspecified atom stereocenters. The van der Waals surface area contributed by atoms with Gasteiger partial charge in [-0.1, -0.05) is 30.0 Å². The molecule has 1 N–H and O–H groups in total. The van der Waals surface area contributed by atoms with Crippen molar-refractivity contribution in [2.45, 2.75) is 23.8 Å². The summed E-state index contributed by atoms with van der Waals surface area (Å²) >= 11 is 1.74. The first-order valence-electron chi connectivity index (χ1n) is 6.28. The standard InChI is InChI=1S/C14H16N2O2S/c1-10-13(7-17)14(19-12-8-18-9-12)16(15-10)11-5-3-2-4-6-11/h2-6,12,17H,7-9H2,1H3. The van der Waals surface area contributed by atoms with E-state index in [0.29, 0.717) is 5.25 Å². The average Bonchev–Trinajstić information content (AvgIpc) is 2.71. The molecule has 1 aromatic carbocycles. The molecule has 0 amide bonds. The van der Waals surface area contributed by atoms with Gasteiger partial charge in [-0.3, -0.25) is 0 Å². The van der Waals surface area contributed by atoms with Crippen LogP contribution in [0.3, 0.4) is 0 Å². The molecular formula is C14H16N2O2S. The second-order valence-corrected chi connectivity index (χ2v) is 5.84. The summed E-state index contributed by atoms with van der Waals surface area (Å²) in [6.45, 7) is 3.50. The molecule has 4 nitrogen and oxygen atoms in total. The van der Waals surface area contributed by atoms with Crippen LogP contribution in [-0.4, -0.2) is 33.4 Å². The molecule has 2 aromatic rings. The highest BCUT2D eigenvalue weighted by atomic mass is 32.2. The summed E-state index contributed by atoms with van der Waals surface area (Å²) in [4.78, 5) is 0. The monoisotopic (exact) mass is 276 g/mol. The number of nitrogens with zero attached hydrogens (tertiary/aromatic N) is 2. The third-order valence-electron chi connectivity index (χ3n) is 3.18. The zero-order valence-corrected chi connectivity index (χ0v) is 11.6. The van der Waals surface area contributed by atoms with Crippen LogP contribution in [0.2, 0.25) is 0 Å². The summed E-state index contributed by atoms with van der Waals surface area (Å²) in [6.07, 6.45) is 0. The minimum atomic E-state index is 0.0224. The number of aliphatic hydroxyl groups excluding tert-OH is 1. The lowest BCUT2D eigenvalue weighted by Gasteiger charge is -2.25. The van der Waals surface area contributed by atoms with E-state index in [0.717, 1.165) is 35.2 Å². The Hall–Kier alpha value is -1.30. The van der Waals surface area contributed by atoms with Crippen molar-refractivity contribution < 1.29 is 9.84 Å². The fourth-order valence-electron chi connectivity index (χ4n) is 2.03. The first kappa shape index (κ1) is 12.7. The summed E-state index contributed by atoms with van der Waals surface area (Å²) in [5.74, 6) is 0. The quantitative estimate of drug-likeness (QED) is 0.929. The highest BCUT2D eigenvalue weighted by Crippen LogP contribution is 2.33. The van der Waals surface area contributed by atoms with E-state index in [9.17, 15) is 5.11 Å². The molecule has 1 aromatic heterocycles. The van der Waals surface area contributed by atoms with Gasteiger partial charge in [0, 0.05) is 5.56 Å². The average molecular weight is 276 g/mol. The van der Waals surface area contributed by atoms with Crippen molar-refractivity contribution in [1.29, 1.82) is 0 Å². The van der Waals surface area contributed by atoms with Crippen molar-refractivity contribution in [2.24, 2.45) is 0 Å². The lowest BCUT2D eigenvalue weighted by Crippen LogP contribution is -2.30. The van der Waals surface area contributed by atoms with Gasteiger partial charge in [-0.25, -0.2) is 4.68 Å². The van der Waals surface area contributed by atoms with Gasteiger partial charge < -0.3 is 9.84 Å². The Bertz CT molecular complexity index is 564. The predicted octanol–water partition coefficient (Wildman–Crippen LogP) is 2.16. The lowest BCUT2D eigenvalue weighted by atomic mass is 10.3. The van der Waals surface area contributed by atoms with E-state index in [1.807, 2.05) is 41.9 Å². The normalized spacial score (nSPS) is 15.5. The molecule has 2 heterocycles. The molecular weight excluding hydrogens is 260 g/mol. The Balaban J connectivity index is 2.02. The smallest absolute Gasteiger partial charge is 0.106 e. The zero-order chi connectivity index (χ0) is 13.2. The Morgan fingerprint density at radius 2 is 2.11 bits per heavy atom. The maximum atomic E-state index is 9.57. The van der Waals surface area contributed by atoms with Crippen LogP contribution in [0.25, 0.3) is 5.69 Å². The molecule has 1 aliphatic rings. The van der Waals surface area contributed by atoms with Crippen LogP contribution >= 0.6 is 11.8 Å². The summed E-state index contributed by atoms with van der Waals surface area (Å²) < 4.78 is 7.14. The van der Waals surface area contributed by atoms with Crippen molar-refractivity contribution in [3.8, 4) is 5.69 Å². The van der Waals surface area contributed by atoms with E-state index in [2.05, 4.69) is 5.10 Å². The molecule has 3 rings (SSSR count). The molecule has 0 radical (unpaired) electrons. The lowest BCUT2D eigenvalue weighted by molar-refractivity contribution is 0.0454. The molecule has 0 aliphatic carbocycles. The summed E-state index contributed by atoms with van der Waals surface area (Å²) in [5.41, 5.74) is 2.82. The third-order valence-corrected chi connectivity index (χ3v) is 4.43. The highest BCUT2D eigenvalue weighted by molar-refractivity contribution is 8.00. The van der Waals surface area contributed by atoms with Gasteiger partial charge in [0.2, 0.25) is 0 Å². The number of ether oxygens (including phenoxy) is 1. The van der Waals surface area contributed by atoms with Gasteiger partial charge >= 0.3 is 0 Å². The number of aryl methyl sites for hydroxylation is 1. The van der Waals surface area contributed by atoms with Crippen LogP contribution in [0.4, 0.5) is 0 Å².